The lowest BCUT2D eigenvalue weighted by atomic mass is 9.83. The molecule has 2 heteroatoms. The summed E-state index contributed by atoms with van der Waals surface area (Å²) in [5.41, 5.74) is 0. The quantitative estimate of drug-likeness (QED) is 0.562. The molecule has 0 aromatic rings. The average molecular weight is 184 g/mol. The zero-order chi connectivity index (χ0) is 9.36. The van der Waals surface area contributed by atoms with Crippen molar-refractivity contribution < 1.29 is 0 Å². The van der Waals surface area contributed by atoms with E-state index in [9.17, 15) is 0 Å². The van der Waals surface area contributed by atoms with Crippen LogP contribution in [0.4, 0.5) is 0 Å². The maximum atomic E-state index is 3.52. The SMILES string of the molecule is CNCCCCNCCC1CCC1. The number of hydrogen-bond donors (Lipinski definition) is 2. The third-order valence-electron chi connectivity index (χ3n) is 2.98. The second-order valence-corrected chi connectivity index (χ2v) is 4.15. The number of hydrogen-bond acceptors (Lipinski definition) is 2. The summed E-state index contributed by atoms with van der Waals surface area (Å²) >= 11 is 0. The predicted molar refractivity (Wildman–Crippen MR) is 58.0 cm³/mol. The molecule has 1 saturated carbocycles. The molecule has 0 aromatic heterocycles. The second-order valence-electron chi connectivity index (χ2n) is 4.15. The van der Waals surface area contributed by atoms with Crippen molar-refractivity contribution in [2.24, 2.45) is 5.92 Å². The first-order valence-electron chi connectivity index (χ1n) is 5.79. The lowest BCUT2D eigenvalue weighted by Crippen LogP contribution is -2.22. The molecular formula is C11H24N2. The van der Waals surface area contributed by atoms with Crippen molar-refractivity contribution in [3.05, 3.63) is 0 Å². The summed E-state index contributed by atoms with van der Waals surface area (Å²) in [5, 5.41) is 6.68. The topological polar surface area (TPSA) is 24.1 Å². The maximum absolute atomic E-state index is 3.52. The fourth-order valence-corrected chi connectivity index (χ4v) is 1.76. The first kappa shape index (κ1) is 11.0. The minimum absolute atomic E-state index is 1.06. The van der Waals surface area contributed by atoms with Crippen molar-refractivity contribution in [3.8, 4) is 0 Å². The Balaban J connectivity index is 1.68. The maximum Gasteiger partial charge on any atom is -0.00463 e. The average Bonchev–Trinajstić information content (AvgIpc) is 2.07. The molecular weight excluding hydrogens is 160 g/mol. The molecule has 1 rings (SSSR count). The Morgan fingerprint density at radius 1 is 1.08 bits per heavy atom. The van der Waals surface area contributed by atoms with Gasteiger partial charge in [-0.05, 0) is 51.9 Å². The van der Waals surface area contributed by atoms with E-state index < -0.39 is 0 Å². The lowest BCUT2D eigenvalue weighted by Gasteiger charge is -2.25. The number of unbranched alkanes of at least 4 members (excludes halogenated alkanes) is 1. The van der Waals surface area contributed by atoms with Gasteiger partial charge in [0, 0.05) is 0 Å². The summed E-state index contributed by atoms with van der Waals surface area (Å²) in [6.07, 6.45) is 8.47. The smallest absolute Gasteiger partial charge is 0.00463 e. The van der Waals surface area contributed by atoms with E-state index in [1.54, 1.807) is 0 Å². The van der Waals surface area contributed by atoms with Crippen LogP contribution in [-0.4, -0.2) is 26.7 Å². The fraction of sp³-hybridized carbons (Fsp3) is 1.00. The second kappa shape index (κ2) is 7.34. The van der Waals surface area contributed by atoms with Gasteiger partial charge in [0.2, 0.25) is 0 Å². The normalized spacial score (nSPS) is 17.3. The highest BCUT2D eigenvalue weighted by Gasteiger charge is 2.15. The molecule has 0 unspecified atom stereocenters. The van der Waals surface area contributed by atoms with Crippen LogP contribution < -0.4 is 10.6 Å². The minimum atomic E-state index is 1.06. The predicted octanol–water partition coefficient (Wildman–Crippen LogP) is 1.77. The van der Waals surface area contributed by atoms with Gasteiger partial charge in [-0.3, -0.25) is 0 Å². The molecule has 0 aliphatic heterocycles. The highest BCUT2D eigenvalue weighted by atomic mass is 14.8. The molecule has 0 saturated heterocycles. The van der Waals surface area contributed by atoms with Crippen molar-refractivity contribution in [1.82, 2.24) is 10.6 Å². The van der Waals surface area contributed by atoms with Gasteiger partial charge in [-0.2, -0.15) is 0 Å². The summed E-state index contributed by atoms with van der Waals surface area (Å²) in [4.78, 5) is 0. The van der Waals surface area contributed by atoms with Crippen LogP contribution >= 0.6 is 0 Å². The first-order chi connectivity index (χ1) is 6.43. The van der Waals surface area contributed by atoms with E-state index in [2.05, 4.69) is 10.6 Å². The van der Waals surface area contributed by atoms with E-state index >= 15 is 0 Å². The van der Waals surface area contributed by atoms with Crippen LogP contribution in [0.2, 0.25) is 0 Å². The van der Waals surface area contributed by atoms with Crippen molar-refractivity contribution in [1.29, 1.82) is 0 Å². The van der Waals surface area contributed by atoms with Gasteiger partial charge in [0.05, 0.1) is 0 Å². The molecule has 0 aromatic carbocycles. The molecule has 0 bridgehead atoms. The number of nitrogens with one attached hydrogen (secondary N) is 2. The highest BCUT2D eigenvalue weighted by molar-refractivity contribution is 4.70. The molecule has 0 radical (unpaired) electrons. The molecule has 78 valence electrons. The van der Waals surface area contributed by atoms with Gasteiger partial charge in [0.25, 0.3) is 0 Å². The van der Waals surface area contributed by atoms with Crippen LogP contribution in [0.3, 0.4) is 0 Å². The standard InChI is InChI=1S/C11H24N2/c1-12-8-2-3-9-13-10-7-11-5-4-6-11/h11-13H,2-10H2,1H3. The summed E-state index contributed by atoms with van der Waals surface area (Å²) in [5.74, 6) is 1.06. The summed E-state index contributed by atoms with van der Waals surface area (Å²) < 4.78 is 0. The minimum Gasteiger partial charge on any atom is -0.320 e. The van der Waals surface area contributed by atoms with Crippen LogP contribution in [0, 0.1) is 5.92 Å². The van der Waals surface area contributed by atoms with Gasteiger partial charge in [-0.1, -0.05) is 19.3 Å². The molecule has 2 N–H and O–H groups in total. The molecule has 0 atom stereocenters. The Hall–Kier alpha value is -0.0800. The Morgan fingerprint density at radius 2 is 1.85 bits per heavy atom. The van der Waals surface area contributed by atoms with Crippen molar-refractivity contribution in [2.75, 3.05) is 26.7 Å². The van der Waals surface area contributed by atoms with E-state index in [0.717, 1.165) is 12.5 Å². The molecule has 0 heterocycles. The van der Waals surface area contributed by atoms with Crippen molar-refractivity contribution >= 4 is 0 Å². The van der Waals surface area contributed by atoms with Gasteiger partial charge in [-0.15, -0.1) is 0 Å². The molecule has 1 fully saturated rings. The largest absolute Gasteiger partial charge is 0.320 e. The van der Waals surface area contributed by atoms with E-state index in [1.165, 1.54) is 51.6 Å². The van der Waals surface area contributed by atoms with Crippen LogP contribution in [0.25, 0.3) is 0 Å². The first-order valence-corrected chi connectivity index (χ1v) is 5.79. The van der Waals surface area contributed by atoms with E-state index in [0.29, 0.717) is 0 Å². The summed E-state index contributed by atoms with van der Waals surface area (Å²) in [6.45, 7) is 3.60. The van der Waals surface area contributed by atoms with Crippen molar-refractivity contribution in [2.45, 2.75) is 38.5 Å². The van der Waals surface area contributed by atoms with Gasteiger partial charge >= 0.3 is 0 Å². The van der Waals surface area contributed by atoms with Crippen LogP contribution in [0.5, 0.6) is 0 Å². The monoisotopic (exact) mass is 184 g/mol. The van der Waals surface area contributed by atoms with E-state index in [1.807, 2.05) is 7.05 Å². The molecule has 0 spiro atoms. The fourth-order valence-electron chi connectivity index (χ4n) is 1.76. The van der Waals surface area contributed by atoms with Crippen LogP contribution in [0.15, 0.2) is 0 Å². The molecule has 0 amide bonds. The third kappa shape index (κ3) is 5.27. The summed E-state index contributed by atoms with van der Waals surface area (Å²) in [7, 11) is 2.02. The van der Waals surface area contributed by atoms with Gasteiger partial charge < -0.3 is 10.6 Å². The van der Waals surface area contributed by atoms with E-state index in [4.69, 9.17) is 0 Å². The van der Waals surface area contributed by atoms with Crippen LogP contribution in [-0.2, 0) is 0 Å². The Labute approximate surface area is 82.5 Å². The Kier molecular flexibility index (Phi) is 6.21. The molecule has 1 aliphatic carbocycles. The van der Waals surface area contributed by atoms with E-state index in [-0.39, 0.29) is 0 Å². The van der Waals surface area contributed by atoms with Crippen LogP contribution in [0.1, 0.15) is 38.5 Å². The Bertz CT molecular complexity index is 111. The van der Waals surface area contributed by atoms with Gasteiger partial charge in [0.1, 0.15) is 0 Å². The van der Waals surface area contributed by atoms with Crippen molar-refractivity contribution in [3.63, 3.8) is 0 Å². The third-order valence-corrected chi connectivity index (χ3v) is 2.98. The number of rotatable bonds is 8. The lowest BCUT2D eigenvalue weighted by molar-refractivity contribution is 0.292. The summed E-state index contributed by atoms with van der Waals surface area (Å²) in [6, 6.07) is 0. The van der Waals surface area contributed by atoms with Gasteiger partial charge in [0.15, 0.2) is 0 Å². The Morgan fingerprint density at radius 3 is 2.46 bits per heavy atom. The zero-order valence-corrected chi connectivity index (χ0v) is 8.94. The zero-order valence-electron chi connectivity index (χ0n) is 8.94. The molecule has 2 nitrogen and oxygen atoms in total. The molecule has 13 heavy (non-hydrogen) atoms. The van der Waals surface area contributed by atoms with Gasteiger partial charge in [-0.25, -0.2) is 0 Å². The molecule has 1 aliphatic rings. The highest BCUT2D eigenvalue weighted by Crippen LogP contribution is 2.28.